The van der Waals surface area contributed by atoms with Crippen LogP contribution in [0, 0.1) is 0 Å². The minimum atomic E-state index is -1.77. The molecule has 0 aliphatic rings. The number of phenols is 3. The molecule has 0 saturated carbocycles. The fourth-order valence-corrected chi connectivity index (χ4v) is 2.77. The first-order valence-electron chi connectivity index (χ1n) is 6.08. The quantitative estimate of drug-likeness (QED) is 0.356. The van der Waals surface area contributed by atoms with Gasteiger partial charge in [-0.05, 0) is 17.0 Å². The van der Waals surface area contributed by atoms with Crippen molar-refractivity contribution in [3.05, 3.63) is 23.8 Å². The maximum absolute atomic E-state index is 10.1. The molecular weight excluding hydrogens is 260 g/mol. The molecule has 0 aliphatic carbocycles. The number of phenolic OH excluding ortho intramolecular Hbond substituents is 3. The number of hydrogen-bond acceptors (Lipinski definition) is 4. The van der Waals surface area contributed by atoms with Gasteiger partial charge in [-0.2, -0.15) is 0 Å². The fourth-order valence-electron chi connectivity index (χ4n) is 2.11. The molecular formula is C14H18O4Si. The summed E-state index contributed by atoms with van der Waals surface area (Å²) in [5, 5.41) is 30.8. The molecule has 2 aromatic carbocycles. The van der Waals surface area contributed by atoms with Crippen LogP contribution in [-0.4, -0.2) is 29.9 Å². The molecule has 0 heterocycles. The van der Waals surface area contributed by atoms with E-state index in [1.807, 2.05) is 26.8 Å². The van der Waals surface area contributed by atoms with Crippen molar-refractivity contribution >= 4 is 25.7 Å². The second-order valence-electron chi connectivity index (χ2n) is 5.69. The van der Waals surface area contributed by atoms with Crippen LogP contribution >= 0.6 is 0 Å². The maximum Gasteiger partial charge on any atom is 0.196 e. The number of aromatic hydroxyl groups is 3. The van der Waals surface area contributed by atoms with Gasteiger partial charge in [-0.25, -0.2) is 0 Å². The predicted octanol–water partition coefficient (Wildman–Crippen LogP) is 0.955. The topological polar surface area (TPSA) is 80.9 Å². The Labute approximate surface area is 113 Å². The van der Waals surface area contributed by atoms with Crippen molar-refractivity contribution in [1.29, 1.82) is 0 Å². The molecule has 2 aromatic rings. The molecule has 0 saturated heterocycles. The third-order valence-electron chi connectivity index (χ3n) is 3.35. The highest BCUT2D eigenvalue weighted by Gasteiger charge is 2.20. The predicted molar refractivity (Wildman–Crippen MR) is 78.0 cm³/mol. The maximum atomic E-state index is 10.1. The van der Waals surface area contributed by atoms with Crippen LogP contribution in [0.15, 0.2) is 18.2 Å². The molecule has 5 heteroatoms. The minimum absolute atomic E-state index is 0.0773. The van der Waals surface area contributed by atoms with Crippen LogP contribution in [-0.2, 0) is 5.41 Å². The molecule has 0 aliphatic heterocycles. The smallest absolute Gasteiger partial charge is 0.196 e. The lowest BCUT2D eigenvalue weighted by atomic mass is 9.85. The molecule has 0 unspecified atom stereocenters. The monoisotopic (exact) mass is 278 g/mol. The minimum Gasteiger partial charge on any atom is -0.507 e. The third-order valence-corrected chi connectivity index (χ3v) is 4.34. The van der Waals surface area contributed by atoms with Gasteiger partial charge in [-0.1, -0.05) is 32.9 Å². The number of rotatable bonds is 1. The molecule has 102 valence electrons. The Balaban J connectivity index is 2.85. The molecule has 0 fully saturated rings. The Morgan fingerprint density at radius 3 is 2.05 bits per heavy atom. The van der Waals surface area contributed by atoms with Gasteiger partial charge in [-0.15, -0.1) is 0 Å². The molecule has 0 radical (unpaired) electrons. The Bertz CT molecular complexity index is 644. The van der Waals surface area contributed by atoms with Gasteiger partial charge in [0.25, 0.3) is 0 Å². The van der Waals surface area contributed by atoms with Gasteiger partial charge in [-0.3, -0.25) is 0 Å². The van der Waals surface area contributed by atoms with Gasteiger partial charge in [0.2, 0.25) is 0 Å². The lowest BCUT2D eigenvalue weighted by molar-refractivity contribution is 0.405. The zero-order chi connectivity index (χ0) is 14.4. The summed E-state index contributed by atoms with van der Waals surface area (Å²) in [6, 6.07) is 5.34. The molecule has 19 heavy (non-hydrogen) atoms. The average Bonchev–Trinajstić information content (AvgIpc) is 2.35. The Kier molecular flexibility index (Phi) is 3.20. The highest BCUT2D eigenvalue weighted by atomic mass is 28.2. The molecule has 4 nitrogen and oxygen atoms in total. The summed E-state index contributed by atoms with van der Waals surface area (Å²) in [4.78, 5) is 9.27. The summed E-state index contributed by atoms with van der Waals surface area (Å²) >= 11 is 0. The van der Waals surface area contributed by atoms with Crippen molar-refractivity contribution in [2.45, 2.75) is 26.2 Å². The zero-order valence-corrected chi connectivity index (χ0v) is 12.6. The van der Waals surface area contributed by atoms with Crippen molar-refractivity contribution < 1.29 is 20.1 Å². The highest BCUT2D eigenvalue weighted by Crippen LogP contribution is 2.39. The average molecular weight is 278 g/mol. The standard InChI is InChI=1S/C14H18O4Si/c1-14(2,3)7-4-5-8-9(6-7)10(15)12(17)13(19-18)11(8)16/h4-6,15-18H,19H2,1-3H3. The van der Waals surface area contributed by atoms with Crippen molar-refractivity contribution in [3.63, 3.8) is 0 Å². The zero-order valence-electron chi connectivity index (χ0n) is 11.2. The summed E-state index contributed by atoms with van der Waals surface area (Å²) in [6.45, 7) is 6.12. The Hall–Kier alpha value is -1.72. The van der Waals surface area contributed by atoms with E-state index in [0.717, 1.165) is 5.56 Å². The van der Waals surface area contributed by atoms with Crippen LogP contribution in [0.2, 0.25) is 0 Å². The van der Waals surface area contributed by atoms with E-state index in [2.05, 4.69) is 0 Å². The molecule has 0 atom stereocenters. The van der Waals surface area contributed by atoms with E-state index in [1.54, 1.807) is 12.1 Å². The summed E-state index contributed by atoms with van der Waals surface area (Å²) in [5.41, 5.74) is 0.888. The van der Waals surface area contributed by atoms with Crippen molar-refractivity contribution in [3.8, 4) is 17.2 Å². The van der Waals surface area contributed by atoms with E-state index in [0.29, 0.717) is 10.8 Å². The van der Waals surface area contributed by atoms with Gasteiger partial charge in [0.15, 0.2) is 21.3 Å². The third kappa shape index (κ3) is 2.15. The van der Waals surface area contributed by atoms with Gasteiger partial charge in [0.05, 0.1) is 0 Å². The van der Waals surface area contributed by atoms with Crippen LogP contribution in [0.5, 0.6) is 17.2 Å². The SMILES string of the molecule is CC(C)(C)c1ccc2c(O)c([SiH2]O)c(O)c(O)c2c1. The largest absolute Gasteiger partial charge is 0.507 e. The van der Waals surface area contributed by atoms with E-state index < -0.39 is 15.5 Å². The number of fused-ring (bicyclic) bond motifs is 1. The Morgan fingerprint density at radius 2 is 1.53 bits per heavy atom. The first kappa shape index (κ1) is 13.7. The summed E-state index contributed by atoms with van der Waals surface area (Å²) in [6.07, 6.45) is 0. The Morgan fingerprint density at radius 1 is 0.895 bits per heavy atom. The van der Waals surface area contributed by atoms with Crippen LogP contribution in [0.3, 0.4) is 0 Å². The molecule has 0 spiro atoms. The first-order valence-corrected chi connectivity index (χ1v) is 7.42. The molecule has 0 amide bonds. The van der Waals surface area contributed by atoms with E-state index in [4.69, 9.17) is 0 Å². The molecule has 2 rings (SSSR count). The second kappa shape index (κ2) is 4.43. The van der Waals surface area contributed by atoms with Crippen LogP contribution in [0.1, 0.15) is 26.3 Å². The van der Waals surface area contributed by atoms with E-state index in [9.17, 15) is 20.1 Å². The van der Waals surface area contributed by atoms with Crippen LogP contribution in [0.4, 0.5) is 0 Å². The first-order chi connectivity index (χ1) is 8.77. The second-order valence-corrected chi connectivity index (χ2v) is 6.72. The fraction of sp³-hybridized carbons (Fsp3) is 0.286. The van der Waals surface area contributed by atoms with Crippen LogP contribution < -0.4 is 5.19 Å². The van der Waals surface area contributed by atoms with Crippen molar-refractivity contribution in [1.82, 2.24) is 0 Å². The summed E-state index contributed by atoms with van der Waals surface area (Å²) in [7, 11) is -1.77. The number of benzene rings is 2. The van der Waals surface area contributed by atoms with Gasteiger partial charge >= 0.3 is 0 Å². The van der Waals surface area contributed by atoms with E-state index in [-0.39, 0.29) is 22.1 Å². The van der Waals surface area contributed by atoms with Gasteiger partial charge in [0.1, 0.15) is 5.75 Å². The van der Waals surface area contributed by atoms with E-state index >= 15 is 0 Å². The van der Waals surface area contributed by atoms with Crippen molar-refractivity contribution in [2.75, 3.05) is 0 Å². The van der Waals surface area contributed by atoms with E-state index in [1.165, 1.54) is 0 Å². The molecule has 0 aromatic heterocycles. The van der Waals surface area contributed by atoms with Gasteiger partial charge in [0, 0.05) is 16.0 Å². The molecule has 4 N–H and O–H groups in total. The highest BCUT2D eigenvalue weighted by molar-refractivity contribution is 6.49. The van der Waals surface area contributed by atoms with Crippen LogP contribution in [0.25, 0.3) is 10.8 Å². The normalized spacial score (nSPS) is 12.6. The lowest BCUT2D eigenvalue weighted by Crippen LogP contribution is -2.15. The lowest BCUT2D eigenvalue weighted by Gasteiger charge is -2.20. The molecule has 0 bridgehead atoms. The summed E-state index contributed by atoms with van der Waals surface area (Å²) < 4.78 is 0. The van der Waals surface area contributed by atoms with Gasteiger partial charge < -0.3 is 20.1 Å². The summed E-state index contributed by atoms with van der Waals surface area (Å²) in [5.74, 6) is -0.833. The number of hydrogen-bond donors (Lipinski definition) is 4. The van der Waals surface area contributed by atoms with Crippen molar-refractivity contribution in [2.24, 2.45) is 0 Å².